The van der Waals surface area contributed by atoms with Gasteiger partial charge in [-0.15, -0.1) is 0 Å². The number of hydrogen-bond acceptors (Lipinski definition) is 3. The molecular formula is C18H34N2O. The van der Waals surface area contributed by atoms with E-state index < -0.39 is 0 Å². The monoisotopic (exact) mass is 294 g/mol. The van der Waals surface area contributed by atoms with Crippen molar-refractivity contribution < 1.29 is 4.74 Å². The molecule has 3 fully saturated rings. The van der Waals surface area contributed by atoms with E-state index in [1.807, 2.05) is 0 Å². The van der Waals surface area contributed by atoms with Crippen LogP contribution < -0.4 is 5.32 Å². The standard InChI is InChI=1S/C18H34N2O/c1-4-10-19-14-8-9-18(2,3)13-16(14)20-11-12-21-17-7-5-6-15(17)20/h14-17,19H,4-13H2,1-3H3. The molecule has 0 bridgehead atoms. The van der Waals surface area contributed by atoms with Crippen molar-refractivity contribution in [2.75, 3.05) is 19.7 Å². The fourth-order valence-corrected chi connectivity index (χ4v) is 4.83. The normalized spacial score (nSPS) is 40.1. The minimum absolute atomic E-state index is 0.501. The molecule has 4 atom stereocenters. The first kappa shape index (κ1) is 15.8. The first-order valence-electron chi connectivity index (χ1n) is 9.21. The topological polar surface area (TPSA) is 24.5 Å². The summed E-state index contributed by atoms with van der Waals surface area (Å²) in [5.74, 6) is 0. The molecule has 4 unspecified atom stereocenters. The Morgan fingerprint density at radius 2 is 2.05 bits per heavy atom. The van der Waals surface area contributed by atoms with Gasteiger partial charge in [0.25, 0.3) is 0 Å². The maximum atomic E-state index is 6.03. The lowest BCUT2D eigenvalue weighted by molar-refractivity contribution is -0.0894. The molecular weight excluding hydrogens is 260 g/mol. The summed E-state index contributed by atoms with van der Waals surface area (Å²) in [5, 5.41) is 3.85. The third-order valence-corrected chi connectivity index (χ3v) is 5.97. The Morgan fingerprint density at radius 1 is 1.19 bits per heavy atom. The van der Waals surface area contributed by atoms with Gasteiger partial charge < -0.3 is 10.1 Å². The zero-order valence-corrected chi connectivity index (χ0v) is 14.2. The molecule has 21 heavy (non-hydrogen) atoms. The summed E-state index contributed by atoms with van der Waals surface area (Å²) < 4.78 is 6.03. The molecule has 1 saturated heterocycles. The predicted octanol–water partition coefficient (Wildman–Crippen LogP) is 3.19. The van der Waals surface area contributed by atoms with Crippen LogP contribution in [0.4, 0.5) is 0 Å². The Kier molecular flexibility index (Phi) is 4.92. The van der Waals surface area contributed by atoms with Crippen LogP contribution in [0.1, 0.15) is 65.7 Å². The lowest BCUT2D eigenvalue weighted by Crippen LogP contribution is -2.61. The van der Waals surface area contributed by atoms with E-state index in [-0.39, 0.29) is 0 Å². The molecule has 0 aromatic rings. The van der Waals surface area contributed by atoms with Gasteiger partial charge in [-0.25, -0.2) is 0 Å². The van der Waals surface area contributed by atoms with Crippen LogP contribution in [0, 0.1) is 5.41 Å². The summed E-state index contributed by atoms with van der Waals surface area (Å²) in [6.07, 6.45) is 9.80. The van der Waals surface area contributed by atoms with E-state index in [9.17, 15) is 0 Å². The van der Waals surface area contributed by atoms with Crippen LogP contribution >= 0.6 is 0 Å². The maximum Gasteiger partial charge on any atom is 0.0731 e. The molecule has 0 aromatic carbocycles. The van der Waals surface area contributed by atoms with E-state index in [0.29, 0.717) is 23.6 Å². The molecule has 3 nitrogen and oxygen atoms in total. The van der Waals surface area contributed by atoms with Crippen LogP contribution in [0.3, 0.4) is 0 Å². The van der Waals surface area contributed by atoms with Gasteiger partial charge in [0, 0.05) is 24.7 Å². The Labute approximate surface area is 130 Å². The smallest absolute Gasteiger partial charge is 0.0731 e. The zero-order valence-electron chi connectivity index (χ0n) is 14.2. The number of nitrogens with one attached hydrogen (secondary N) is 1. The molecule has 2 saturated carbocycles. The van der Waals surface area contributed by atoms with E-state index in [4.69, 9.17) is 4.74 Å². The number of morpholine rings is 1. The van der Waals surface area contributed by atoms with Gasteiger partial charge in [-0.2, -0.15) is 0 Å². The summed E-state index contributed by atoms with van der Waals surface area (Å²) in [7, 11) is 0. The van der Waals surface area contributed by atoms with Crippen LogP contribution in [0.15, 0.2) is 0 Å². The van der Waals surface area contributed by atoms with Crippen LogP contribution in [0.5, 0.6) is 0 Å². The van der Waals surface area contributed by atoms with Crippen LogP contribution in [0.25, 0.3) is 0 Å². The molecule has 3 aliphatic rings. The highest BCUT2D eigenvalue weighted by Crippen LogP contribution is 2.41. The Balaban J connectivity index is 1.73. The molecule has 1 aliphatic heterocycles. The number of rotatable bonds is 4. The van der Waals surface area contributed by atoms with E-state index in [2.05, 4.69) is 31.0 Å². The van der Waals surface area contributed by atoms with Gasteiger partial charge in [-0.1, -0.05) is 20.8 Å². The highest BCUT2D eigenvalue weighted by atomic mass is 16.5. The summed E-state index contributed by atoms with van der Waals surface area (Å²) in [5.41, 5.74) is 0.501. The molecule has 0 aromatic heterocycles. The Morgan fingerprint density at radius 3 is 2.86 bits per heavy atom. The maximum absolute atomic E-state index is 6.03. The molecule has 2 aliphatic carbocycles. The quantitative estimate of drug-likeness (QED) is 0.862. The molecule has 0 radical (unpaired) electrons. The highest BCUT2D eigenvalue weighted by molar-refractivity contribution is 5.00. The fourth-order valence-electron chi connectivity index (χ4n) is 4.83. The summed E-state index contributed by atoms with van der Waals surface area (Å²) in [6, 6.07) is 2.11. The van der Waals surface area contributed by atoms with Gasteiger partial charge in [-0.3, -0.25) is 4.90 Å². The Bertz CT molecular complexity index is 344. The van der Waals surface area contributed by atoms with Gasteiger partial charge in [-0.05, 0) is 56.9 Å². The minimum Gasteiger partial charge on any atom is -0.375 e. The van der Waals surface area contributed by atoms with Crippen molar-refractivity contribution in [1.29, 1.82) is 0 Å². The van der Waals surface area contributed by atoms with Crippen LogP contribution in [-0.4, -0.2) is 48.8 Å². The lowest BCUT2D eigenvalue weighted by atomic mass is 9.72. The van der Waals surface area contributed by atoms with Crippen molar-refractivity contribution in [1.82, 2.24) is 10.2 Å². The fraction of sp³-hybridized carbons (Fsp3) is 1.00. The van der Waals surface area contributed by atoms with E-state index >= 15 is 0 Å². The Hall–Kier alpha value is -0.120. The molecule has 0 amide bonds. The van der Waals surface area contributed by atoms with Crippen LogP contribution in [-0.2, 0) is 4.74 Å². The van der Waals surface area contributed by atoms with Crippen molar-refractivity contribution in [2.24, 2.45) is 5.41 Å². The van der Waals surface area contributed by atoms with Gasteiger partial charge in [0.15, 0.2) is 0 Å². The lowest BCUT2D eigenvalue weighted by Gasteiger charge is -2.50. The van der Waals surface area contributed by atoms with Crippen molar-refractivity contribution in [3.63, 3.8) is 0 Å². The summed E-state index contributed by atoms with van der Waals surface area (Å²) in [6.45, 7) is 10.5. The average Bonchev–Trinajstić information content (AvgIpc) is 2.93. The third kappa shape index (κ3) is 3.46. The molecule has 3 rings (SSSR count). The second-order valence-corrected chi connectivity index (χ2v) is 8.18. The van der Waals surface area contributed by atoms with Crippen molar-refractivity contribution >= 4 is 0 Å². The van der Waals surface area contributed by atoms with Crippen molar-refractivity contribution in [3.05, 3.63) is 0 Å². The van der Waals surface area contributed by atoms with E-state index in [1.165, 1.54) is 51.5 Å². The van der Waals surface area contributed by atoms with E-state index in [1.54, 1.807) is 0 Å². The molecule has 122 valence electrons. The summed E-state index contributed by atoms with van der Waals surface area (Å²) >= 11 is 0. The third-order valence-electron chi connectivity index (χ3n) is 5.97. The number of hydrogen-bond donors (Lipinski definition) is 1. The second-order valence-electron chi connectivity index (χ2n) is 8.18. The van der Waals surface area contributed by atoms with Gasteiger partial charge in [0.05, 0.1) is 12.7 Å². The van der Waals surface area contributed by atoms with Crippen molar-refractivity contribution in [2.45, 2.75) is 89.9 Å². The van der Waals surface area contributed by atoms with Gasteiger partial charge in [0.1, 0.15) is 0 Å². The van der Waals surface area contributed by atoms with Crippen molar-refractivity contribution in [3.8, 4) is 0 Å². The van der Waals surface area contributed by atoms with Gasteiger partial charge >= 0.3 is 0 Å². The first-order chi connectivity index (χ1) is 10.1. The number of ether oxygens (including phenoxy) is 1. The summed E-state index contributed by atoms with van der Waals surface area (Å²) in [4.78, 5) is 2.84. The predicted molar refractivity (Wildman–Crippen MR) is 87.6 cm³/mol. The van der Waals surface area contributed by atoms with Gasteiger partial charge in [0.2, 0.25) is 0 Å². The average molecular weight is 294 g/mol. The SMILES string of the molecule is CCCNC1CCC(C)(C)CC1N1CCOC2CCCC21. The highest BCUT2D eigenvalue weighted by Gasteiger charge is 2.44. The van der Waals surface area contributed by atoms with Crippen LogP contribution in [0.2, 0.25) is 0 Å². The molecule has 1 N–H and O–H groups in total. The number of fused-ring (bicyclic) bond motifs is 1. The molecule has 0 spiro atoms. The zero-order chi connectivity index (χ0) is 14.9. The number of nitrogens with zero attached hydrogens (tertiary/aromatic N) is 1. The first-order valence-corrected chi connectivity index (χ1v) is 9.21. The second kappa shape index (κ2) is 6.55. The molecule has 3 heteroatoms. The largest absolute Gasteiger partial charge is 0.375 e. The molecule has 1 heterocycles. The minimum atomic E-state index is 0.501. The van der Waals surface area contributed by atoms with E-state index in [0.717, 1.165) is 19.2 Å².